The summed E-state index contributed by atoms with van der Waals surface area (Å²) >= 11 is 1.81. The molecule has 2 aliphatic rings. The molecule has 0 spiro atoms. The van der Waals surface area contributed by atoms with Crippen LogP contribution in [0.4, 0.5) is 0 Å². The zero-order valence-electron chi connectivity index (χ0n) is 9.86. The van der Waals surface area contributed by atoms with Gasteiger partial charge in [0.15, 0.2) is 0 Å². The summed E-state index contributed by atoms with van der Waals surface area (Å²) in [6.07, 6.45) is 8.82. The Morgan fingerprint density at radius 1 is 1.38 bits per heavy atom. The van der Waals surface area contributed by atoms with Gasteiger partial charge in [0.1, 0.15) is 5.01 Å². The number of hydrogen-bond donors (Lipinski definition) is 1. The zero-order valence-corrected chi connectivity index (χ0v) is 10.7. The SMILES string of the molecule is CC1CCC(NC(c2nccs2)C2CC2)C1. The van der Waals surface area contributed by atoms with Gasteiger partial charge in [-0.05, 0) is 43.9 Å². The van der Waals surface area contributed by atoms with Crippen molar-refractivity contribution < 1.29 is 0 Å². The second-order valence-electron chi connectivity index (χ2n) is 5.47. The van der Waals surface area contributed by atoms with E-state index < -0.39 is 0 Å². The lowest BCUT2D eigenvalue weighted by Gasteiger charge is -2.21. The number of thiazole rings is 1. The molecule has 16 heavy (non-hydrogen) atoms. The average Bonchev–Trinajstić information content (AvgIpc) is 2.80. The van der Waals surface area contributed by atoms with E-state index in [4.69, 9.17) is 0 Å². The van der Waals surface area contributed by atoms with Crippen molar-refractivity contribution in [3.8, 4) is 0 Å². The minimum atomic E-state index is 0.551. The average molecular weight is 236 g/mol. The Bertz CT molecular complexity index is 332. The van der Waals surface area contributed by atoms with Crippen LogP contribution in [0.1, 0.15) is 50.1 Å². The molecule has 2 saturated carbocycles. The van der Waals surface area contributed by atoms with E-state index in [2.05, 4.69) is 22.6 Å². The van der Waals surface area contributed by atoms with Gasteiger partial charge in [-0.25, -0.2) is 4.98 Å². The van der Waals surface area contributed by atoms with Gasteiger partial charge < -0.3 is 5.32 Å². The Balaban J connectivity index is 1.65. The smallest absolute Gasteiger partial charge is 0.110 e. The highest BCUT2D eigenvalue weighted by atomic mass is 32.1. The van der Waals surface area contributed by atoms with Gasteiger partial charge >= 0.3 is 0 Å². The van der Waals surface area contributed by atoms with Gasteiger partial charge in [0.05, 0.1) is 6.04 Å². The molecular formula is C13H20N2S. The van der Waals surface area contributed by atoms with Gasteiger partial charge in [-0.15, -0.1) is 11.3 Å². The highest BCUT2D eigenvalue weighted by Gasteiger charge is 2.36. The largest absolute Gasteiger partial charge is 0.305 e. The van der Waals surface area contributed by atoms with Crippen LogP contribution in [0.3, 0.4) is 0 Å². The Morgan fingerprint density at radius 2 is 2.25 bits per heavy atom. The summed E-state index contributed by atoms with van der Waals surface area (Å²) in [6, 6.07) is 1.29. The molecule has 3 rings (SSSR count). The minimum absolute atomic E-state index is 0.551. The molecule has 0 aliphatic heterocycles. The standard InChI is InChI=1S/C13H20N2S/c1-9-2-5-11(8-9)15-12(10-3-4-10)13-14-6-7-16-13/h6-7,9-12,15H,2-5,8H2,1H3. The molecular weight excluding hydrogens is 216 g/mol. The van der Waals surface area contributed by atoms with E-state index in [-0.39, 0.29) is 0 Å². The number of rotatable bonds is 4. The Hall–Kier alpha value is -0.410. The first kappa shape index (κ1) is 10.7. The molecule has 0 saturated heterocycles. The van der Waals surface area contributed by atoms with Crippen molar-refractivity contribution in [2.24, 2.45) is 11.8 Å². The first-order valence-electron chi connectivity index (χ1n) is 6.48. The van der Waals surface area contributed by atoms with E-state index in [1.54, 1.807) is 0 Å². The predicted molar refractivity (Wildman–Crippen MR) is 67.5 cm³/mol. The van der Waals surface area contributed by atoms with E-state index in [0.29, 0.717) is 6.04 Å². The van der Waals surface area contributed by atoms with E-state index in [1.165, 1.54) is 37.1 Å². The summed E-state index contributed by atoms with van der Waals surface area (Å²) < 4.78 is 0. The highest BCUT2D eigenvalue weighted by Crippen LogP contribution is 2.42. The van der Waals surface area contributed by atoms with Crippen LogP contribution < -0.4 is 5.32 Å². The van der Waals surface area contributed by atoms with Crippen molar-refractivity contribution in [1.29, 1.82) is 0 Å². The lowest BCUT2D eigenvalue weighted by molar-refractivity contribution is 0.398. The molecule has 1 aromatic rings. The molecule has 1 aromatic heterocycles. The van der Waals surface area contributed by atoms with Gasteiger partial charge in [0.2, 0.25) is 0 Å². The Morgan fingerprint density at radius 3 is 2.81 bits per heavy atom. The summed E-state index contributed by atoms with van der Waals surface area (Å²) in [4.78, 5) is 4.49. The fourth-order valence-electron chi connectivity index (χ4n) is 2.84. The van der Waals surface area contributed by atoms with E-state index in [1.807, 2.05) is 17.5 Å². The van der Waals surface area contributed by atoms with Crippen LogP contribution in [-0.2, 0) is 0 Å². The molecule has 3 atom stereocenters. The lowest BCUT2D eigenvalue weighted by atomic mass is 10.1. The molecule has 2 nitrogen and oxygen atoms in total. The molecule has 1 N–H and O–H groups in total. The van der Waals surface area contributed by atoms with Crippen LogP contribution in [0.2, 0.25) is 0 Å². The molecule has 0 aromatic carbocycles. The third-order valence-electron chi connectivity index (χ3n) is 3.92. The molecule has 0 amide bonds. The van der Waals surface area contributed by atoms with Crippen LogP contribution >= 0.6 is 11.3 Å². The molecule has 88 valence electrons. The van der Waals surface area contributed by atoms with Crippen molar-refractivity contribution in [2.45, 2.75) is 51.1 Å². The van der Waals surface area contributed by atoms with Crippen LogP contribution in [0, 0.1) is 11.8 Å². The fraction of sp³-hybridized carbons (Fsp3) is 0.769. The van der Waals surface area contributed by atoms with Crippen LogP contribution in [0.5, 0.6) is 0 Å². The van der Waals surface area contributed by atoms with Gasteiger partial charge in [0, 0.05) is 17.6 Å². The van der Waals surface area contributed by atoms with E-state index >= 15 is 0 Å². The number of nitrogens with zero attached hydrogens (tertiary/aromatic N) is 1. The highest BCUT2D eigenvalue weighted by molar-refractivity contribution is 7.09. The van der Waals surface area contributed by atoms with E-state index in [9.17, 15) is 0 Å². The van der Waals surface area contributed by atoms with Crippen LogP contribution in [0.15, 0.2) is 11.6 Å². The minimum Gasteiger partial charge on any atom is -0.305 e. The number of hydrogen-bond acceptors (Lipinski definition) is 3. The van der Waals surface area contributed by atoms with Crippen molar-refractivity contribution in [2.75, 3.05) is 0 Å². The maximum absolute atomic E-state index is 4.49. The summed E-state index contributed by atoms with van der Waals surface area (Å²) in [7, 11) is 0. The van der Waals surface area contributed by atoms with Gasteiger partial charge in [0.25, 0.3) is 0 Å². The Kier molecular flexibility index (Phi) is 2.99. The monoisotopic (exact) mass is 236 g/mol. The number of aromatic nitrogens is 1. The Labute approximate surface area is 101 Å². The number of nitrogens with one attached hydrogen (secondary N) is 1. The summed E-state index contributed by atoms with van der Waals surface area (Å²) in [5, 5.41) is 7.27. The maximum Gasteiger partial charge on any atom is 0.110 e. The van der Waals surface area contributed by atoms with Crippen LogP contribution in [-0.4, -0.2) is 11.0 Å². The molecule has 0 radical (unpaired) electrons. The molecule has 3 unspecified atom stereocenters. The van der Waals surface area contributed by atoms with E-state index in [0.717, 1.165) is 17.9 Å². The van der Waals surface area contributed by atoms with Gasteiger partial charge in [-0.1, -0.05) is 6.92 Å². The lowest BCUT2D eigenvalue weighted by Crippen LogP contribution is -2.32. The summed E-state index contributed by atoms with van der Waals surface area (Å²) in [5.74, 6) is 1.77. The molecule has 0 bridgehead atoms. The summed E-state index contributed by atoms with van der Waals surface area (Å²) in [5.41, 5.74) is 0. The predicted octanol–water partition coefficient (Wildman–Crippen LogP) is 3.37. The van der Waals surface area contributed by atoms with Gasteiger partial charge in [-0.2, -0.15) is 0 Å². The third-order valence-corrected chi connectivity index (χ3v) is 4.78. The second-order valence-corrected chi connectivity index (χ2v) is 6.39. The maximum atomic E-state index is 4.49. The van der Waals surface area contributed by atoms with Crippen molar-refractivity contribution in [3.05, 3.63) is 16.6 Å². The van der Waals surface area contributed by atoms with Gasteiger partial charge in [-0.3, -0.25) is 0 Å². The normalized spacial score (nSPS) is 31.8. The molecule has 2 aliphatic carbocycles. The third kappa shape index (κ3) is 2.30. The topological polar surface area (TPSA) is 24.9 Å². The van der Waals surface area contributed by atoms with Crippen molar-refractivity contribution >= 4 is 11.3 Å². The van der Waals surface area contributed by atoms with Crippen molar-refractivity contribution in [1.82, 2.24) is 10.3 Å². The first-order chi connectivity index (χ1) is 7.83. The fourth-order valence-corrected chi connectivity index (χ4v) is 3.63. The second kappa shape index (κ2) is 4.46. The zero-order chi connectivity index (χ0) is 11.0. The first-order valence-corrected chi connectivity index (χ1v) is 7.36. The molecule has 1 heterocycles. The molecule has 2 fully saturated rings. The van der Waals surface area contributed by atoms with Crippen LogP contribution in [0.25, 0.3) is 0 Å². The quantitative estimate of drug-likeness (QED) is 0.867. The summed E-state index contributed by atoms with van der Waals surface area (Å²) in [6.45, 7) is 2.37. The molecule has 3 heteroatoms. The van der Waals surface area contributed by atoms with Crippen molar-refractivity contribution in [3.63, 3.8) is 0 Å².